The van der Waals surface area contributed by atoms with Crippen LogP contribution in [0.5, 0.6) is 0 Å². The van der Waals surface area contributed by atoms with Crippen molar-refractivity contribution in [3.63, 3.8) is 0 Å². The van der Waals surface area contributed by atoms with Crippen LogP contribution in [0.15, 0.2) is 18.6 Å². The van der Waals surface area contributed by atoms with E-state index >= 15 is 0 Å². The minimum Gasteiger partial charge on any atom is -0.378 e. The van der Waals surface area contributed by atoms with Gasteiger partial charge in [0.2, 0.25) is 5.69 Å². The molecule has 2 aromatic heterocycles. The zero-order valence-electron chi connectivity index (χ0n) is 11.7. The largest absolute Gasteiger partial charge is 0.378 e. The second-order valence-corrected chi connectivity index (χ2v) is 5.50. The van der Waals surface area contributed by atoms with E-state index in [9.17, 15) is 0 Å². The van der Waals surface area contributed by atoms with Gasteiger partial charge in [0, 0.05) is 32.3 Å². The van der Waals surface area contributed by atoms with Gasteiger partial charge in [-0.3, -0.25) is 0 Å². The smallest absolute Gasteiger partial charge is 0.214 e. The van der Waals surface area contributed by atoms with Crippen LogP contribution in [-0.4, -0.2) is 32.8 Å². The highest BCUT2D eigenvalue weighted by Crippen LogP contribution is 2.37. The molecule has 0 aromatic carbocycles. The molecule has 0 spiro atoms. The number of piperidine rings is 1. The first-order valence-corrected chi connectivity index (χ1v) is 7.19. The molecule has 0 N–H and O–H groups in total. The maximum Gasteiger partial charge on any atom is 0.214 e. The summed E-state index contributed by atoms with van der Waals surface area (Å²) in [6, 6.07) is 1.71. The van der Waals surface area contributed by atoms with Crippen LogP contribution in [0.4, 0.5) is 11.4 Å². The molecule has 0 amide bonds. The maximum atomic E-state index is 7.27. The highest BCUT2D eigenvalue weighted by atomic mass is 35.5. The van der Waals surface area contributed by atoms with Gasteiger partial charge in [-0.1, -0.05) is 11.6 Å². The summed E-state index contributed by atoms with van der Waals surface area (Å²) in [5, 5.41) is 8.54. The Hall–Kier alpha value is -2.13. The zero-order valence-corrected chi connectivity index (χ0v) is 12.5. The van der Waals surface area contributed by atoms with Crippen LogP contribution in [0.2, 0.25) is 5.15 Å². The Kier molecular flexibility index (Phi) is 3.76. The summed E-state index contributed by atoms with van der Waals surface area (Å²) in [5.74, 6) is 1.43. The summed E-state index contributed by atoms with van der Waals surface area (Å²) in [5.41, 5.74) is 1.32. The van der Waals surface area contributed by atoms with Crippen molar-refractivity contribution in [2.75, 3.05) is 18.0 Å². The van der Waals surface area contributed by atoms with E-state index in [1.54, 1.807) is 18.6 Å². The summed E-state index contributed by atoms with van der Waals surface area (Å²) < 4.78 is 1.97. The quantitative estimate of drug-likeness (QED) is 0.632. The van der Waals surface area contributed by atoms with E-state index in [0.717, 1.165) is 37.4 Å². The zero-order chi connectivity index (χ0) is 14.8. The van der Waals surface area contributed by atoms with Crippen molar-refractivity contribution in [1.29, 1.82) is 0 Å². The van der Waals surface area contributed by atoms with Gasteiger partial charge in [-0.2, -0.15) is 0 Å². The number of hydrogen-bond acceptors (Lipinski definition) is 4. The van der Waals surface area contributed by atoms with Crippen molar-refractivity contribution in [3.8, 4) is 0 Å². The van der Waals surface area contributed by atoms with Gasteiger partial charge in [0.15, 0.2) is 0 Å². The van der Waals surface area contributed by atoms with Crippen molar-refractivity contribution in [1.82, 2.24) is 19.7 Å². The van der Waals surface area contributed by atoms with E-state index in [-0.39, 0.29) is 0 Å². The van der Waals surface area contributed by atoms with E-state index < -0.39 is 0 Å². The monoisotopic (exact) mass is 302 g/mol. The Labute approximate surface area is 128 Å². The van der Waals surface area contributed by atoms with Crippen molar-refractivity contribution in [3.05, 3.63) is 41.0 Å². The molecule has 1 saturated heterocycles. The molecule has 108 valence electrons. The molecule has 0 aliphatic carbocycles. The summed E-state index contributed by atoms with van der Waals surface area (Å²) in [6.45, 7) is 8.95. The molecule has 1 aliphatic heterocycles. The molecular weight excluding hydrogens is 288 g/mol. The molecule has 6 nitrogen and oxygen atoms in total. The van der Waals surface area contributed by atoms with E-state index in [1.807, 2.05) is 11.6 Å². The van der Waals surface area contributed by atoms with Crippen molar-refractivity contribution in [2.24, 2.45) is 7.05 Å². The molecule has 1 aliphatic rings. The number of pyridine rings is 1. The fourth-order valence-corrected chi connectivity index (χ4v) is 3.10. The van der Waals surface area contributed by atoms with Crippen LogP contribution in [0.25, 0.3) is 4.85 Å². The standard InChI is InChI=1S/C14H15ClN6/c1-16-11-3-6-17-13(15)12(11)21-7-4-10(5-8-21)14-19-18-9-20(14)2/h3,6,9-10H,4-5,7-8H2,2H3. The molecule has 3 heterocycles. The van der Waals surface area contributed by atoms with E-state index in [4.69, 9.17) is 18.2 Å². The Morgan fingerprint density at radius 3 is 2.76 bits per heavy atom. The highest BCUT2D eigenvalue weighted by molar-refractivity contribution is 6.32. The lowest BCUT2D eigenvalue weighted by Gasteiger charge is -2.34. The molecule has 0 bridgehead atoms. The predicted molar refractivity (Wildman–Crippen MR) is 80.7 cm³/mol. The van der Waals surface area contributed by atoms with Crippen LogP contribution in [0, 0.1) is 6.57 Å². The minimum atomic E-state index is 0.403. The van der Waals surface area contributed by atoms with Gasteiger partial charge in [0.05, 0.1) is 12.3 Å². The first-order valence-electron chi connectivity index (χ1n) is 6.81. The van der Waals surface area contributed by atoms with Crippen LogP contribution < -0.4 is 4.90 Å². The minimum absolute atomic E-state index is 0.403. The van der Waals surface area contributed by atoms with Crippen molar-refractivity contribution >= 4 is 23.0 Å². The highest BCUT2D eigenvalue weighted by Gasteiger charge is 2.26. The molecule has 0 unspecified atom stereocenters. The normalized spacial score (nSPS) is 16.0. The van der Waals surface area contributed by atoms with Crippen LogP contribution in [0.1, 0.15) is 24.6 Å². The summed E-state index contributed by atoms with van der Waals surface area (Å²) in [6.07, 6.45) is 5.24. The van der Waals surface area contributed by atoms with Crippen LogP contribution in [-0.2, 0) is 7.05 Å². The molecular formula is C14H15ClN6. The number of anilines is 1. The van der Waals surface area contributed by atoms with Gasteiger partial charge in [-0.25, -0.2) is 9.83 Å². The van der Waals surface area contributed by atoms with Gasteiger partial charge in [0.1, 0.15) is 17.3 Å². The predicted octanol–water partition coefficient (Wildman–Crippen LogP) is 2.80. The summed E-state index contributed by atoms with van der Waals surface area (Å²) >= 11 is 6.18. The van der Waals surface area contributed by atoms with Gasteiger partial charge < -0.3 is 9.47 Å². The van der Waals surface area contributed by atoms with Gasteiger partial charge in [-0.05, 0) is 18.9 Å². The average Bonchev–Trinajstić information content (AvgIpc) is 2.93. The third-order valence-electron chi connectivity index (χ3n) is 3.90. The number of aromatic nitrogens is 4. The number of nitrogens with zero attached hydrogens (tertiary/aromatic N) is 6. The number of aryl methyl sites for hydroxylation is 1. The SMILES string of the molecule is [C-]#[N+]c1ccnc(Cl)c1N1CCC(c2nncn2C)CC1. The van der Waals surface area contributed by atoms with E-state index in [2.05, 4.69) is 24.9 Å². The summed E-state index contributed by atoms with van der Waals surface area (Å²) in [4.78, 5) is 9.80. The molecule has 0 radical (unpaired) electrons. The lowest BCUT2D eigenvalue weighted by Crippen LogP contribution is -2.34. The Bertz CT molecular complexity index is 681. The lowest BCUT2D eigenvalue weighted by atomic mass is 9.95. The van der Waals surface area contributed by atoms with E-state index in [1.165, 1.54) is 0 Å². The molecule has 21 heavy (non-hydrogen) atoms. The molecule has 0 saturated carbocycles. The molecule has 3 rings (SSSR count). The van der Waals surface area contributed by atoms with E-state index in [0.29, 0.717) is 16.8 Å². The second kappa shape index (κ2) is 5.70. The fraction of sp³-hybridized carbons (Fsp3) is 0.429. The number of hydrogen-bond donors (Lipinski definition) is 0. The molecule has 1 fully saturated rings. The Morgan fingerprint density at radius 2 is 2.14 bits per heavy atom. The van der Waals surface area contributed by atoms with Crippen LogP contribution >= 0.6 is 11.6 Å². The first kappa shape index (κ1) is 13.8. The third-order valence-corrected chi connectivity index (χ3v) is 4.18. The number of rotatable bonds is 2. The topological polar surface area (TPSA) is 51.2 Å². The van der Waals surface area contributed by atoms with Crippen molar-refractivity contribution < 1.29 is 0 Å². The van der Waals surface area contributed by atoms with Gasteiger partial charge in [0.25, 0.3) is 0 Å². The maximum absolute atomic E-state index is 7.27. The van der Waals surface area contributed by atoms with Crippen LogP contribution in [0.3, 0.4) is 0 Å². The number of halogens is 1. The third kappa shape index (κ3) is 2.57. The molecule has 7 heteroatoms. The molecule has 0 atom stereocenters. The Balaban J connectivity index is 1.78. The second-order valence-electron chi connectivity index (χ2n) is 5.14. The lowest BCUT2D eigenvalue weighted by molar-refractivity contribution is 0.474. The summed E-state index contributed by atoms with van der Waals surface area (Å²) in [7, 11) is 1.97. The fourth-order valence-electron chi connectivity index (χ4n) is 2.82. The van der Waals surface area contributed by atoms with Crippen molar-refractivity contribution in [2.45, 2.75) is 18.8 Å². The average molecular weight is 303 g/mol. The Morgan fingerprint density at radius 1 is 1.38 bits per heavy atom. The van der Waals surface area contributed by atoms with Gasteiger partial charge in [-0.15, -0.1) is 10.2 Å². The van der Waals surface area contributed by atoms with Gasteiger partial charge >= 0.3 is 0 Å². The molecule has 2 aromatic rings. The first-order chi connectivity index (χ1) is 10.2.